The molecule has 1 atom stereocenters. The van der Waals surface area contributed by atoms with Crippen LogP contribution in [0.1, 0.15) is 23.2 Å². The first-order chi connectivity index (χ1) is 16.4. The maximum Gasteiger partial charge on any atom is 0.258 e. The molecule has 0 radical (unpaired) electrons. The summed E-state index contributed by atoms with van der Waals surface area (Å²) in [5.41, 5.74) is 0.228. The second-order valence-corrected chi connectivity index (χ2v) is 9.45. The fourth-order valence-electron chi connectivity index (χ4n) is 4.84. The highest BCUT2D eigenvalue weighted by Gasteiger charge is 2.38. The Morgan fingerprint density at radius 2 is 1.76 bits per heavy atom. The number of nitrogens with zero attached hydrogens (tertiary/aromatic N) is 4. The van der Waals surface area contributed by atoms with Crippen molar-refractivity contribution in [1.29, 1.82) is 0 Å². The van der Waals surface area contributed by atoms with Crippen LogP contribution in [-0.4, -0.2) is 70.5 Å². The molecule has 2 amide bonds. The Hall–Kier alpha value is -3.03. The van der Waals surface area contributed by atoms with Crippen LogP contribution in [0.5, 0.6) is 5.75 Å². The van der Waals surface area contributed by atoms with Gasteiger partial charge in [-0.2, -0.15) is 0 Å². The molecule has 5 rings (SSSR count). The van der Waals surface area contributed by atoms with Crippen molar-refractivity contribution in [2.24, 2.45) is 0 Å². The number of aromatic nitrogens is 1. The van der Waals surface area contributed by atoms with Crippen molar-refractivity contribution < 1.29 is 14.7 Å². The van der Waals surface area contributed by atoms with Crippen molar-refractivity contribution in [3.8, 4) is 5.75 Å². The van der Waals surface area contributed by atoms with Crippen LogP contribution in [0, 0.1) is 0 Å². The smallest absolute Gasteiger partial charge is 0.258 e. The lowest BCUT2D eigenvalue weighted by Gasteiger charge is -2.38. The molecule has 0 aliphatic carbocycles. The minimum absolute atomic E-state index is 0.0397. The first kappa shape index (κ1) is 22.7. The van der Waals surface area contributed by atoms with E-state index in [-0.39, 0.29) is 23.1 Å². The molecule has 2 fully saturated rings. The molecular formula is C25H24Cl2N4O3. The number of benzene rings is 2. The maximum atomic E-state index is 13.4. The fourth-order valence-corrected chi connectivity index (χ4v) is 5.34. The maximum absolute atomic E-state index is 13.4. The quantitative estimate of drug-likeness (QED) is 0.585. The van der Waals surface area contributed by atoms with Gasteiger partial charge in [0.15, 0.2) is 0 Å². The number of phenols is 1. The molecule has 2 saturated heterocycles. The van der Waals surface area contributed by atoms with Gasteiger partial charge < -0.3 is 19.8 Å². The number of likely N-dealkylation sites (tertiary alicyclic amines) is 1. The number of aromatic hydroxyl groups is 1. The molecular weight excluding hydrogens is 475 g/mol. The summed E-state index contributed by atoms with van der Waals surface area (Å²) in [7, 11) is 0. The summed E-state index contributed by atoms with van der Waals surface area (Å²) in [6, 6.07) is 12.0. The Morgan fingerprint density at radius 1 is 1.00 bits per heavy atom. The number of hydrogen-bond acceptors (Lipinski definition) is 5. The molecule has 2 aliphatic heterocycles. The molecule has 1 unspecified atom stereocenters. The van der Waals surface area contributed by atoms with Gasteiger partial charge in [0.25, 0.3) is 5.91 Å². The third-order valence-corrected chi connectivity index (χ3v) is 7.09. The Balaban J connectivity index is 1.29. The van der Waals surface area contributed by atoms with Gasteiger partial charge in [-0.05, 0) is 30.4 Å². The van der Waals surface area contributed by atoms with Crippen LogP contribution in [-0.2, 0) is 4.79 Å². The van der Waals surface area contributed by atoms with Gasteiger partial charge >= 0.3 is 0 Å². The molecule has 0 bridgehead atoms. The Bertz CT molecular complexity index is 1260. The number of pyridine rings is 1. The fraction of sp³-hybridized carbons (Fsp3) is 0.320. The third kappa shape index (κ3) is 4.14. The van der Waals surface area contributed by atoms with E-state index in [1.54, 1.807) is 34.2 Å². The van der Waals surface area contributed by atoms with Crippen LogP contribution in [0.3, 0.4) is 0 Å². The van der Waals surface area contributed by atoms with Crippen molar-refractivity contribution in [3.05, 3.63) is 64.3 Å². The second kappa shape index (κ2) is 9.31. The average Bonchev–Trinajstić information content (AvgIpc) is 3.34. The zero-order chi connectivity index (χ0) is 23.8. The lowest BCUT2D eigenvalue weighted by Crippen LogP contribution is -2.54. The standard InChI is InChI=1S/C25H24Cl2N4O3/c26-17-14-20(27)23(28-15-17)29-10-12-30(13-11-29)25(34)21-6-3-9-31(21)24(33)19-8-7-16-4-1-2-5-18(16)22(19)32/h1-2,4-5,7-8,14-15,21,32H,3,6,9-13H2. The lowest BCUT2D eigenvalue weighted by atomic mass is 10.0. The molecule has 0 spiro atoms. The molecule has 2 aromatic carbocycles. The van der Waals surface area contributed by atoms with Gasteiger partial charge in [-0.3, -0.25) is 9.59 Å². The Morgan fingerprint density at radius 3 is 2.53 bits per heavy atom. The van der Waals surface area contributed by atoms with Crippen molar-refractivity contribution in [2.75, 3.05) is 37.6 Å². The van der Waals surface area contributed by atoms with Gasteiger partial charge in [0.1, 0.15) is 17.6 Å². The molecule has 176 valence electrons. The molecule has 3 heterocycles. The lowest BCUT2D eigenvalue weighted by molar-refractivity contribution is -0.135. The number of phenolic OH excluding ortho intramolecular Hbond substituents is 1. The third-order valence-electron chi connectivity index (χ3n) is 6.61. The van der Waals surface area contributed by atoms with Gasteiger partial charge in [0, 0.05) is 44.3 Å². The number of rotatable bonds is 3. The number of carbonyl (C=O) groups excluding carboxylic acids is 2. The van der Waals surface area contributed by atoms with Gasteiger partial charge in [0.05, 0.1) is 15.6 Å². The van der Waals surface area contributed by atoms with E-state index in [2.05, 4.69) is 4.98 Å². The summed E-state index contributed by atoms with van der Waals surface area (Å²) in [4.78, 5) is 36.5. The summed E-state index contributed by atoms with van der Waals surface area (Å²) in [5, 5.41) is 13.2. The summed E-state index contributed by atoms with van der Waals surface area (Å²) >= 11 is 12.2. The highest BCUT2D eigenvalue weighted by atomic mass is 35.5. The van der Waals surface area contributed by atoms with Crippen molar-refractivity contribution >= 4 is 51.6 Å². The highest BCUT2D eigenvalue weighted by Crippen LogP contribution is 2.32. The molecule has 3 aromatic rings. The van der Waals surface area contributed by atoms with E-state index < -0.39 is 6.04 Å². The number of halogens is 2. The number of carbonyl (C=O) groups is 2. The van der Waals surface area contributed by atoms with Crippen LogP contribution < -0.4 is 4.90 Å². The monoisotopic (exact) mass is 498 g/mol. The van der Waals surface area contributed by atoms with E-state index in [0.717, 1.165) is 11.8 Å². The number of amides is 2. The first-order valence-corrected chi connectivity index (χ1v) is 12.1. The first-order valence-electron chi connectivity index (χ1n) is 11.3. The zero-order valence-corrected chi connectivity index (χ0v) is 20.0. The van der Waals surface area contributed by atoms with Gasteiger partial charge in [-0.15, -0.1) is 0 Å². The van der Waals surface area contributed by atoms with E-state index in [0.29, 0.717) is 60.4 Å². The molecule has 7 nitrogen and oxygen atoms in total. The summed E-state index contributed by atoms with van der Waals surface area (Å²) in [6.45, 7) is 2.70. The Kier molecular flexibility index (Phi) is 6.23. The Labute approximate surface area is 207 Å². The second-order valence-electron chi connectivity index (χ2n) is 8.61. The predicted octanol–water partition coefficient (Wildman–Crippen LogP) is 4.20. The largest absolute Gasteiger partial charge is 0.506 e. The minimum Gasteiger partial charge on any atom is -0.506 e. The van der Waals surface area contributed by atoms with Gasteiger partial charge in [-0.25, -0.2) is 4.98 Å². The zero-order valence-electron chi connectivity index (χ0n) is 18.5. The van der Waals surface area contributed by atoms with Gasteiger partial charge in [-0.1, -0.05) is 53.5 Å². The summed E-state index contributed by atoms with van der Waals surface area (Å²) in [5.74, 6) is 0.251. The number of fused-ring (bicyclic) bond motifs is 1. The number of piperazine rings is 1. The highest BCUT2D eigenvalue weighted by molar-refractivity contribution is 6.36. The molecule has 2 aliphatic rings. The number of anilines is 1. The molecule has 1 N–H and O–H groups in total. The van der Waals surface area contributed by atoms with Crippen molar-refractivity contribution in [1.82, 2.24) is 14.8 Å². The van der Waals surface area contributed by atoms with Crippen molar-refractivity contribution in [2.45, 2.75) is 18.9 Å². The minimum atomic E-state index is -0.526. The van der Waals surface area contributed by atoms with Gasteiger partial charge in [0.2, 0.25) is 5.91 Å². The molecule has 34 heavy (non-hydrogen) atoms. The van der Waals surface area contributed by atoms with Crippen LogP contribution >= 0.6 is 23.2 Å². The predicted molar refractivity (Wildman–Crippen MR) is 133 cm³/mol. The van der Waals surface area contributed by atoms with E-state index in [1.807, 2.05) is 29.2 Å². The van der Waals surface area contributed by atoms with E-state index in [1.165, 1.54) is 0 Å². The van der Waals surface area contributed by atoms with Crippen molar-refractivity contribution in [3.63, 3.8) is 0 Å². The van der Waals surface area contributed by atoms with E-state index >= 15 is 0 Å². The number of hydrogen-bond donors (Lipinski definition) is 1. The van der Waals surface area contributed by atoms with Crippen LogP contribution in [0.4, 0.5) is 5.82 Å². The topological polar surface area (TPSA) is 77.0 Å². The molecule has 0 saturated carbocycles. The SMILES string of the molecule is O=C(C1CCCN1C(=O)c1ccc2ccccc2c1O)N1CCN(c2ncc(Cl)cc2Cl)CC1. The van der Waals surface area contributed by atoms with Crippen LogP contribution in [0.25, 0.3) is 10.8 Å². The average molecular weight is 499 g/mol. The van der Waals surface area contributed by atoms with E-state index in [9.17, 15) is 14.7 Å². The van der Waals surface area contributed by atoms with Crippen LogP contribution in [0.15, 0.2) is 48.7 Å². The van der Waals surface area contributed by atoms with Crippen LogP contribution in [0.2, 0.25) is 10.0 Å². The van der Waals surface area contributed by atoms with E-state index in [4.69, 9.17) is 23.2 Å². The summed E-state index contributed by atoms with van der Waals surface area (Å²) in [6.07, 6.45) is 2.93. The normalized spacial score (nSPS) is 18.5. The molecule has 1 aromatic heterocycles. The summed E-state index contributed by atoms with van der Waals surface area (Å²) < 4.78 is 0. The molecule has 9 heteroatoms.